The van der Waals surface area contributed by atoms with Gasteiger partial charge in [0.25, 0.3) is 5.91 Å². The highest BCUT2D eigenvalue weighted by molar-refractivity contribution is 7.91. The number of benzene rings is 1. The number of sulfone groups is 1. The van der Waals surface area contributed by atoms with Gasteiger partial charge in [-0.25, -0.2) is 13.4 Å². The quantitative estimate of drug-likeness (QED) is 0.834. The first-order valence-electron chi connectivity index (χ1n) is 7.45. The molecule has 2 aromatic rings. The number of amides is 1. The summed E-state index contributed by atoms with van der Waals surface area (Å²) < 4.78 is 25.1. The van der Waals surface area contributed by atoms with Gasteiger partial charge < -0.3 is 4.90 Å². The van der Waals surface area contributed by atoms with E-state index in [1.807, 2.05) is 37.3 Å². The van der Waals surface area contributed by atoms with Crippen molar-refractivity contribution in [2.45, 2.75) is 18.6 Å². The highest BCUT2D eigenvalue weighted by Crippen LogP contribution is 2.29. The van der Waals surface area contributed by atoms with Gasteiger partial charge in [0.05, 0.1) is 16.0 Å². The minimum atomic E-state index is -3.27. The minimum absolute atomic E-state index is 0.0125. The van der Waals surface area contributed by atoms with Crippen LogP contribution in [0.4, 0.5) is 0 Å². The van der Waals surface area contributed by atoms with Crippen LogP contribution in [-0.4, -0.2) is 43.1 Å². The van der Waals surface area contributed by atoms with E-state index in [0.717, 1.165) is 10.6 Å². The molecule has 1 fully saturated rings. The average molecular weight is 350 g/mol. The molecule has 0 radical (unpaired) electrons. The van der Waals surface area contributed by atoms with E-state index in [1.54, 1.807) is 10.3 Å². The fraction of sp³-hybridized carbons (Fsp3) is 0.375. The molecule has 0 bridgehead atoms. The van der Waals surface area contributed by atoms with Crippen molar-refractivity contribution in [2.24, 2.45) is 0 Å². The number of aryl methyl sites for hydroxylation is 1. The predicted octanol–water partition coefficient (Wildman–Crippen LogP) is 2.45. The van der Waals surface area contributed by atoms with Crippen LogP contribution in [-0.2, 0) is 9.84 Å². The molecule has 0 aliphatic carbocycles. The Kier molecular flexibility index (Phi) is 4.50. The van der Waals surface area contributed by atoms with Gasteiger partial charge in [0.2, 0.25) is 0 Å². The summed E-state index contributed by atoms with van der Waals surface area (Å²) >= 11 is 1.42. The van der Waals surface area contributed by atoms with Crippen LogP contribution in [0.1, 0.15) is 32.7 Å². The number of hydrogen-bond donors (Lipinski definition) is 0. The molecule has 1 aliphatic heterocycles. The topological polar surface area (TPSA) is 67.3 Å². The summed E-state index contributed by atoms with van der Waals surface area (Å²) in [7, 11) is -3.27. The maximum atomic E-state index is 12.6. The molecule has 5 nitrogen and oxygen atoms in total. The molecule has 122 valence electrons. The Morgan fingerprint density at radius 3 is 2.65 bits per heavy atom. The van der Waals surface area contributed by atoms with Crippen LogP contribution in [0.2, 0.25) is 0 Å². The summed E-state index contributed by atoms with van der Waals surface area (Å²) in [6.45, 7) is 2.50. The molecule has 1 aromatic heterocycles. The van der Waals surface area contributed by atoms with Crippen LogP contribution < -0.4 is 0 Å². The Hall–Kier alpha value is -1.73. The predicted molar refractivity (Wildman–Crippen MR) is 90.3 cm³/mol. The molecule has 1 unspecified atom stereocenters. The normalized spacial score (nSPS) is 20.9. The smallest absolute Gasteiger partial charge is 0.273 e. The fourth-order valence-corrected chi connectivity index (χ4v) is 5.20. The first-order valence-corrected chi connectivity index (χ1v) is 10.0. The largest absolute Gasteiger partial charge is 0.336 e. The lowest BCUT2D eigenvalue weighted by Gasteiger charge is -2.18. The summed E-state index contributed by atoms with van der Waals surface area (Å²) in [5.74, 6) is -0.195. The molecule has 1 aliphatic rings. The molecule has 0 saturated carbocycles. The van der Waals surface area contributed by atoms with Gasteiger partial charge in [-0.1, -0.05) is 30.3 Å². The van der Waals surface area contributed by atoms with Crippen molar-refractivity contribution in [1.29, 1.82) is 0 Å². The zero-order chi connectivity index (χ0) is 16.4. The average Bonchev–Trinajstić information content (AvgIpc) is 2.90. The van der Waals surface area contributed by atoms with E-state index in [2.05, 4.69) is 4.98 Å². The number of carbonyl (C=O) groups excluding carboxylic acids is 1. The first kappa shape index (κ1) is 16.1. The lowest BCUT2D eigenvalue weighted by molar-refractivity contribution is 0.0761. The molecular formula is C16H18N2O3S2. The molecule has 1 saturated heterocycles. The van der Waals surface area contributed by atoms with Crippen LogP contribution >= 0.6 is 11.3 Å². The van der Waals surface area contributed by atoms with Crippen molar-refractivity contribution in [1.82, 2.24) is 9.88 Å². The monoisotopic (exact) mass is 350 g/mol. The van der Waals surface area contributed by atoms with Gasteiger partial charge in [0.15, 0.2) is 9.84 Å². The van der Waals surface area contributed by atoms with Crippen molar-refractivity contribution in [2.75, 3.05) is 18.8 Å². The summed E-state index contributed by atoms with van der Waals surface area (Å²) in [6, 6.07) is 9.23. The Bertz CT molecular complexity index is 800. The van der Waals surface area contributed by atoms with E-state index in [9.17, 15) is 13.2 Å². The second-order valence-corrected chi connectivity index (χ2v) is 8.96. The summed E-state index contributed by atoms with van der Waals surface area (Å²) in [5, 5.41) is 2.02. The zero-order valence-corrected chi connectivity index (χ0v) is 14.4. The summed E-state index contributed by atoms with van der Waals surface area (Å²) in [5.41, 5.74) is 1.20. The van der Waals surface area contributed by atoms with Crippen molar-refractivity contribution in [3.05, 3.63) is 52.0 Å². The van der Waals surface area contributed by atoms with Crippen molar-refractivity contribution < 1.29 is 13.2 Å². The van der Waals surface area contributed by atoms with E-state index in [4.69, 9.17) is 0 Å². The van der Waals surface area contributed by atoms with Crippen molar-refractivity contribution in [3.8, 4) is 0 Å². The molecule has 2 heterocycles. The van der Waals surface area contributed by atoms with Crippen LogP contribution in [0, 0.1) is 6.92 Å². The number of hydrogen-bond acceptors (Lipinski definition) is 5. The number of aromatic nitrogens is 1. The highest BCUT2D eigenvalue weighted by atomic mass is 32.2. The molecule has 23 heavy (non-hydrogen) atoms. The molecule has 1 aromatic carbocycles. The Balaban J connectivity index is 1.81. The van der Waals surface area contributed by atoms with Crippen LogP contribution in [0.15, 0.2) is 35.7 Å². The van der Waals surface area contributed by atoms with Crippen LogP contribution in [0.5, 0.6) is 0 Å². The van der Waals surface area contributed by atoms with E-state index >= 15 is 0 Å². The highest BCUT2D eigenvalue weighted by Gasteiger charge is 2.33. The first-order chi connectivity index (χ1) is 11.0. The maximum Gasteiger partial charge on any atom is 0.273 e. The third kappa shape index (κ3) is 3.45. The lowest BCUT2D eigenvalue weighted by atomic mass is 10.1. The van der Waals surface area contributed by atoms with E-state index in [-0.39, 0.29) is 18.2 Å². The fourth-order valence-electron chi connectivity index (χ4n) is 2.81. The zero-order valence-electron chi connectivity index (χ0n) is 12.8. The van der Waals surface area contributed by atoms with E-state index in [0.29, 0.717) is 18.7 Å². The van der Waals surface area contributed by atoms with Gasteiger partial charge in [-0.3, -0.25) is 4.79 Å². The van der Waals surface area contributed by atoms with Crippen LogP contribution in [0.3, 0.4) is 0 Å². The number of rotatable bonds is 2. The number of carbonyl (C=O) groups is 1. The Morgan fingerprint density at radius 2 is 2.00 bits per heavy atom. The molecule has 3 rings (SSSR count). The van der Waals surface area contributed by atoms with Crippen molar-refractivity contribution >= 4 is 27.1 Å². The molecule has 0 N–H and O–H groups in total. The van der Waals surface area contributed by atoms with Gasteiger partial charge in [-0.05, 0) is 18.9 Å². The molecule has 7 heteroatoms. The Morgan fingerprint density at radius 1 is 1.26 bits per heavy atom. The second-order valence-electron chi connectivity index (χ2n) is 5.60. The van der Waals surface area contributed by atoms with Crippen molar-refractivity contribution in [3.63, 3.8) is 0 Å². The van der Waals surface area contributed by atoms with Gasteiger partial charge in [-0.15, -0.1) is 11.3 Å². The SMILES string of the molecule is Cc1nc(C(=O)N2CCC(c3ccccc3)S(=O)(=O)CC2)cs1. The number of nitrogens with zero attached hydrogens (tertiary/aromatic N) is 2. The molecule has 1 amide bonds. The van der Waals surface area contributed by atoms with Gasteiger partial charge >= 0.3 is 0 Å². The summed E-state index contributed by atoms with van der Waals surface area (Å²) in [4.78, 5) is 18.3. The molecular weight excluding hydrogens is 332 g/mol. The van der Waals surface area contributed by atoms with Gasteiger partial charge in [-0.2, -0.15) is 0 Å². The van der Waals surface area contributed by atoms with E-state index < -0.39 is 15.1 Å². The lowest BCUT2D eigenvalue weighted by Crippen LogP contribution is -2.33. The molecule has 1 atom stereocenters. The third-order valence-electron chi connectivity index (χ3n) is 4.04. The summed E-state index contributed by atoms with van der Waals surface area (Å²) in [6.07, 6.45) is 0.418. The third-order valence-corrected chi connectivity index (χ3v) is 6.94. The van der Waals surface area contributed by atoms with E-state index in [1.165, 1.54) is 11.3 Å². The molecule has 0 spiro atoms. The maximum absolute atomic E-state index is 12.6. The standard InChI is InChI=1S/C16H18N2O3S2/c1-12-17-14(11-22-12)16(19)18-8-7-15(23(20,21)10-9-18)13-5-3-2-4-6-13/h2-6,11,15H,7-10H2,1H3. The van der Waals surface area contributed by atoms with Gasteiger partial charge in [0, 0.05) is 18.5 Å². The van der Waals surface area contributed by atoms with Crippen LogP contribution in [0.25, 0.3) is 0 Å². The van der Waals surface area contributed by atoms with Gasteiger partial charge in [0.1, 0.15) is 5.69 Å². The second kappa shape index (κ2) is 6.41. The minimum Gasteiger partial charge on any atom is -0.336 e. The number of thiazole rings is 1. The Labute approximate surface area is 139 Å².